The molecule has 0 unspecified atom stereocenters. The lowest BCUT2D eigenvalue weighted by Crippen LogP contribution is -2.16. The van der Waals surface area contributed by atoms with Crippen molar-refractivity contribution >= 4 is 28.4 Å². The number of nitrogens with one attached hydrogen (secondary N) is 1. The maximum atomic E-state index is 13.9. The van der Waals surface area contributed by atoms with Crippen molar-refractivity contribution in [3.63, 3.8) is 0 Å². The van der Waals surface area contributed by atoms with Crippen LogP contribution in [0.1, 0.15) is 22.4 Å². The summed E-state index contributed by atoms with van der Waals surface area (Å²) >= 11 is 0. The Bertz CT molecular complexity index is 1410. The van der Waals surface area contributed by atoms with Gasteiger partial charge in [-0.15, -0.1) is 0 Å². The second kappa shape index (κ2) is 8.10. The summed E-state index contributed by atoms with van der Waals surface area (Å²) in [6, 6.07) is 8.82. The minimum Gasteiger partial charge on any atom is -0.382 e. The van der Waals surface area contributed by atoms with E-state index in [1.165, 1.54) is 6.33 Å². The number of rotatable bonds is 4. The van der Waals surface area contributed by atoms with Crippen molar-refractivity contribution in [1.29, 1.82) is 0 Å². The van der Waals surface area contributed by atoms with E-state index in [0.29, 0.717) is 53.8 Å². The zero-order chi connectivity index (χ0) is 24.0. The van der Waals surface area contributed by atoms with Crippen LogP contribution in [0.15, 0.2) is 48.8 Å². The third-order valence-corrected chi connectivity index (χ3v) is 5.59. The SMILES string of the molecule is Nc1ncnc2c3c(n(-c4ccc(CC(=O)Nc5cc(C(F)(F)F)ccc5F)cc4)c12)COC3. The maximum Gasteiger partial charge on any atom is 0.416 e. The molecule has 0 aliphatic carbocycles. The fourth-order valence-corrected chi connectivity index (χ4v) is 4.02. The third-order valence-electron chi connectivity index (χ3n) is 5.59. The number of anilines is 2. The van der Waals surface area contributed by atoms with Crippen molar-refractivity contribution in [2.45, 2.75) is 25.8 Å². The lowest BCUT2D eigenvalue weighted by molar-refractivity contribution is -0.137. The number of aromatic nitrogens is 3. The van der Waals surface area contributed by atoms with Crippen LogP contribution in [0.3, 0.4) is 0 Å². The molecule has 11 heteroatoms. The fraction of sp³-hybridized carbons (Fsp3) is 0.174. The van der Waals surface area contributed by atoms with Crippen LogP contribution in [0.25, 0.3) is 16.7 Å². The quantitative estimate of drug-likeness (QED) is 0.431. The number of fused-ring (bicyclic) bond motifs is 3. The summed E-state index contributed by atoms with van der Waals surface area (Å²) in [6.07, 6.45) is -3.41. The molecule has 0 atom stereocenters. The second-order valence-electron chi connectivity index (χ2n) is 7.79. The molecule has 3 N–H and O–H groups in total. The van der Waals surface area contributed by atoms with Crippen molar-refractivity contribution in [1.82, 2.24) is 14.5 Å². The molecule has 0 radical (unpaired) electrons. The highest BCUT2D eigenvalue weighted by Crippen LogP contribution is 2.35. The first kappa shape index (κ1) is 21.8. The Morgan fingerprint density at radius 3 is 2.62 bits per heavy atom. The summed E-state index contributed by atoms with van der Waals surface area (Å²) in [5.74, 6) is -1.28. The van der Waals surface area contributed by atoms with Crippen LogP contribution < -0.4 is 11.1 Å². The van der Waals surface area contributed by atoms with Crippen molar-refractivity contribution in [2.24, 2.45) is 0 Å². The molecule has 34 heavy (non-hydrogen) atoms. The van der Waals surface area contributed by atoms with Gasteiger partial charge in [0.25, 0.3) is 0 Å². The van der Waals surface area contributed by atoms with Gasteiger partial charge >= 0.3 is 6.18 Å². The first-order chi connectivity index (χ1) is 16.2. The molecule has 1 amide bonds. The zero-order valence-electron chi connectivity index (χ0n) is 17.5. The Labute approximate surface area is 190 Å². The average Bonchev–Trinajstić information content (AvgIpc) is 3.37. The summed E-state index contributed by atoms with van der Waals surface area (Å²) < 4.78 is 60.0. The van der Waals surface area contributed by atoms with Gasteiger partial charge < -0.3 is 20.4 Å². The summed E-state index contributed by atoms with van der Waals surface area (Å²) in [6.45, 7) is 0.803. The molecule has 0 fully saturated rings. The number of benzene rings is 2. The third kappa shape index (κ3) is 3.83. The van der Waals surface area contributed by atoms with E-state index in [1.54, 1.807) is 24.3 Å². The van der Waals surface area contributed by atoms with Crippen LogP contribution in [0, 0.1) is 5.82 Å². The van der Waals surface area contributed by atoms with E-state index in [1.807, 2.05) is 4.57 Å². The normalized spacial score (nSPS) is 13.3. The summed E-state index contributed by atoms with van der Waals surface area (Å²) in [4.78, 5) is 20.8. The number of ether oxygens (including phenoxy) is 1. The van der Waals surface area contributed by atoms with Crippen molar-refractivity contribution < 1.29 is 27.1 Å². The number of alkyl halides is 3. The molecule has 0 saturated carbocycles. The van der Waals surface area contributed by atoms with Crippen LogP contribution in [0.4, 0.5) is 29.1 Å². The number of halogens is 4. The molecule has 0 spiro atoms. The van der Waals surface area contributed by atoms with Crippen LogP contribution in [-0.2, 0) is 35.3 Å². The topological polar surface area (TPSA) is 95.1 Å². The lowest BCUT2D eigenvalue weighted by Gasteiger charge is -2.12. The molecular weight excluding hydrogens is 454 g/mol. The smallest absolute Gasteiger partial charge is 0.382 e. The molecule has 5 rings (SSSR count). The molecule has 1 aliphatic rings. The van der Waals surface area contributed by atoms with Gasteiger partial charge in [0.1, 0.15) is 23.2 Å². The highest BCUT2D eigenvalue weighted by atomic mass is 19.4. The van der Waals surface area contributed by atoms with Crippen LogP contribution in [-0.4, -0.2) is 20.4 Å². The van der Waals surface area contributed by atoms with E-state index >= 15 is 0 Å². The highest BCUT2D eigenvalue weighted by Gasteiger charge is 2.31. The Morgan fingerprint density at radius 2 is 1.88 bits per heavy atom. The van der Waals surface area contributed by atoms with E-state index in [2.05, 4.69) is 15.3 Å². The molecule has 2 aromatic carbocycles. The van der Waals surface area contributed by atoms with E-state index in [4.69, 9.17) is 10.5 Å². The maximum absolute atomic E-state index is 13.9. The number of nitrogens with zero attached hydrogens (tertiary/aromatic N) is 3. The number of hydrogen-bond donors (Lipinski definition) is 2. The van der Waals surface area contributed by atoms with Gasteiger partial charge in [-0.25, -0.2) is 14.4 Å². The molecule has 0 saturated heterocycles. The second-order valence-corrected chi connectivity index (χ2v) is 7.79. The van der Waals surface area contributed by atoms with Crippen molar-refractivity contribution in [3.8, 4) is 5.69 Å². The van der Waals surface area contributed by atoms with Crippen LogP contribution >= 0.6 is 0 Å². The average molecular weight is 471 g/mol. The Kier molecular flexibility index (Phi) is 5.20. The number of nitrogen functional groups attached to an aromatic ring is 1. The minimum absolute atomic E-state index is 0.158. The van der Waals surface area contributed by atoms with Gasteiger partial charge in [0, 0.05) is 11.3 Å². The lowest BCUT2D eigenvalue weighted by atomic mass is 10.1. The first-order valence-corrected chi connectivity index (χ1v) is 10.2. The molecule has 1 aliphatic heterocycles. The Morgan fingerprint density at radius 1 is 1.12 bits per heavy atom. The van der Waals surface area contributed by atoms with Gasteiger partial charge in [-0.1, -0.05) is 12.1 Å². The fourth-order valence-electron chi connectivity index (χ4n) is 4.02. The first-order valence-electron chi connectivity index (χ1n) is 10.2. The molecule has 3 heterocycles. The van der Waals surface area contributed by atoms with Gasteiger partial charge in [0.2, 0.25) is 5.91 Å². The van der Waals surface area contributed by atoms with E-state index in [0.717, 1.165) is 16.9 Å². The van der Waals surface area contributed by atoms with Crippen molar-refractivity contribution in [2.75, 3.05) is 11.1 Å². The monoisotopic (exact) mass is 471 g/mol. The summed E-state index contributed by atoms with van der Waals surface area (Å²) in [7, 11) is 0. The molecule has 4 aromatic rings. The number of carbonyl (C=O) groups excluding carboxylic acids is 1. The zero-order valence-corrected chi connectivity index (χ0v) is 17.5. The highest BCUT2D eigenvalue weighted by molar-refractivity contribution is 5.93. The Balaban J connectivity index is 1.38. The summed E-state index contributed by atoms with van der Waals surface area (Å²) in [5.41, 5.74) is 9.11. The predicted octanol–water partition coefficient (Wildman–Crippen LogP) is 4.37. The van der Waals surface area contributed by atoms with Gasteiger partial charge in [0.15, 0.2) is 5.82 Å². The largest absolute Gasteiger partial charge is 0.416 e. The molecular formula is C23H17F4N5O2. The number of amides is 1. The Hall–Kier alpha value is -3.99. The van der Waals surface area contributed by atoms with Crippen LogP contribution in [0.2, 0.25) is 0 Å². The number of nitrogens with two attached hydrogens (primary N) is 1. The van der Waals surface area contributed by atoms with Gasteiger partial charge in [-0.3, -0.25) is 4.79 Å². The van der Waals surface area contributed by atoms with Gasteiger partial charge in [-0.05, 0) is 35.9 Å². The minimum atomic E-state index is -4.65. The molecule has 174 valence electrons. The van der Waals surface area contributed by atoms with Crippen molar-refractivity contribution in [3.05, 3.63) is 77.0 Å². The van der Waals surface area contributed by atoms with E-state index in [9.17, 15) is 22.4 Å². The number of hydrogen-bond acceptors (Lipinski definition) is 5. The standard InChI is InChI=1S/C23H17F4N5O2/c24-16-6-3-13(23(25,26)27)8-17(16)31-19(33)7-12-1-4-14(5-2-12)32-18-10-34-9-15(18)20-21(32)22(28)30-11-29-20/h1-6,8,11H,7,9-10H2,(H,31,33)(H2,28,29,30). The van der Waals surface area contributed by atoms with Gasteiger partial charge in [-0.2, -0.15) is 13.2 Å². The molecule has 2 aromatic heterocycles. The predicted molar refractivity (Wildman–Crippen MR) is 116 cm³/mol. The van der Waals surface area contributed by atoms with Crippen LogP contribution in [0.5, 0.6) is 0 Å². The summed E-state index contributed by atoms with van der Waals surface area (Å²) in [5, 5.41) is 2.21. The van der Waals surface area contributed by atoms with E-state index < -0.39 is 29.2 Å². The molecule has 0 bridgehead atoms. The molecule has 7 nitrogen and oxygen atoms in total. The number of carbonyl (C=O) groups is 1. The van der Waals surface area contributed by atoms with Gasteiger partial charge in [0.05, 0.1) is 36.6 Å². The van der Waals surface area contributed by atoms with E-state index in [-0.39, 0.29) is 6.42 Å².